The molecule has 3 aromatic rings. The fourth-order valence-corrected chi connectivity index (χ4v) is 2.30. The molecule has 5 heteroatoms. The van der Waals surface area contributed by atoms with Gasteiger partial charge in [0.1, 0.15) is 0 Å². The maximum atomic E-state index is 11.9. The summed E-state index contributed by atoms with van der Waals surface area (Å²) in [6.45, 7) is 0. The lowest BCUT2D eigenvalue weighted by Gasteiger charge is -1.98. The number of benzene rings is 2. The monoisotopic (exact) mass is 361 g/mol. The second-order valence-corrected chi connectivity index (χ2v) is 5.74. The molecule has 3 nitrogen and oxygen atoms in total. The summed E-state index contributed by atoms with van der Waals surface area (Å²) in [5.74, 6) is 0.248. The van der Waals surface area contributed by atoms with Crippen molar-refractivity contribution < 1.29 is 4.42 Å². The van der Waals surface area contributed by atoms with Gasteiger partial charge in [-0.25, -0.2) is 9.78 Å². The molecule has 0 bridgehead atoms. The Kier molecular flexibility index (Phi) is 3.90. The molecule has 1 aromatic heterocycles. The highest BCUT2D eigenvalue weighted by Gasteiger charge is 2.04. The molecule has 0 unspecified atom stereocenters. The summed E-state index contributed by atoms with van der Waals surface area (Å²) in [7, 11) is 0. The summed E-state index contributed by atoms with van der Waals surface area (Å²) >= 11 is 9.29. The van der Waals surface area contributed by atoms with Gasteiger partial charge in [0.05, 0.1) is 10.9 Å². The van der Waals surface area contributed by atoms with Crippen LogP contribution in [0.25, 0.3) is 23.1 Å². The third kappa shape index (κ3) is 3.23. The third-order valence-corrected chi connectivity index (χ3v) is 3.66. The van der Waals surface area contributed by atoms with Crippen molar-refractivity contribution in [1.29, 1.82) is 0 Å². The molecule has 1 heterocycles. The first-order valence-electron chi connectivity index (χ1n) is 6.16. The van der Waals surface area contributed by atoms with Crippen LogP contribution < -0.4 is 5.63 Å². The fourth-order valence-electron chi connectivity index (χ4n) is 1.87. The number of hydrogen-bond acceptors (Lipinski definition) is 3. The van der Waals surface area contributed by atoms with E-state index in [0.717, 1.165) is 10.0 Å². The largest absolute Gasteiger partial charge is 0.404 e. The molecule has 0 spiro atoms. The first-order valence-corrected chi connectivity index (χ1v) is 7.33. The van der Waals surface area contributed by atoms with Crippen molar-refractivity contribution in [1.82, 2.24) is 4.98 Å². The quantitative estimate of drug-likeness (QED) is 0.659. The molecule has 0 saturated heterocycles. The van der Waals surface area contributed by atoms with Gasteiger partial charge in [0.2, 0.25) is 5.89 Å². The van der Waals surface area contributed by atoms with Gasteiger partial charge in [-0.2, -0.15) is 0 Å². The summed E-state index contributed by atoms with van der Waals surface area (Å²) < 4.78 is 6.17. The Hall–Kier alpha value is -1.91. The summed E-state index contributed by atoms with van der Waals surface area (Å²) in [6.07, 6.45) is 3.49. The topological polar surface area (TPSA) is 43.1 Å². The van der Waals surface area contributed by atoms with Crippen molar-refractivity contribution in [2.75, 3.05) is 0 Å². The van der Waals surface area contributed by atoms with Crippen LogP contribution in [0, 0.1) is 0 Å². The van der Waals surface area contributed by atoms with Crippen LogP contribution in [0.2, 0.25) is 5.02 Å². The molecule has 0 aliphatic heterocycles. The predicted octanol–water partition coefficient (Wildman–Crippen LogP) is 4.77. The standard InChI is InChI=1S/C16H9BrClNO2/c17-11-4-1-10(2-5-11)3-8-15-19-14-9-12(18)6-7-13(14)16(20)21-15/h1-9H/b8-3+. The molecule has 0 fully saturated rings. The molecular formula is C16H9BrClNO2. The van der Waals surface area contributed by atoms with E-state index < -0.39 is 5.63 Å². The van der Waals surface area contributed by atoms with Gasteiger partial charge < -0.3 is 4.42 Å². The maximum Gasteiger partial charge on any atom is 0.347 e. The Labute approximate surface area is 134 Å². The van der Waals surface area contributed by atoms with E-state index in [9.17, 15) is 4.79 Å². The SMILES string of the molecule is O=c1oc(/C=C/c2ccc(Br)cc2)nc2cc(Cl)ccc12. The second-order valence-electron chi connectivity index (χ2n) is 4.39. The lowest BCUT2D eigenvalue weighted by Crippen LogP contribution is -2.02. The van der Waals surface area contributed by atoms with E-state index in [4.69, 9.17) is 16.0 Å². The van der Waals surface area contributed by atoms with Gasteiger partial charge in [-0.05, 0) is 42.0 Å². The predicted molar refractivity (Wildman–Crippen MR) is 88.4 cm³/mol. The third-order valence-electron chi connectivity index (χ3n) is 2.90. The van der Waals surface area contributed by atoms with E-state index in [1.165, 1.54) is 0 Å². The summed E-state index contributed by atoms with van der Waals surface area (Å²) in [5.41, 5.74) is 1.08. The molecule has 21 heavy (non-hydrogen) atoms. The molecule has 0 N–H and O–H groups in total. The highest BCUT2D eigenvalue weighted by molar-refractivity contribution is 9.10. The van der Waals surface area contributed by atoms with Crippen molar-refractivity contribution in [3.63, 3.8) is 0 Å². The van der Waals surface area contributed by atoms with Gasteiger partial charge in [-0.1, -0.05) is 39.7 Å². The van der Waals surface area contributed by atoms with Crippen LogP contribution in [-0.2, 0) is 0 Å². The van der Waals surface area contributed by atoms with Gasteiger partial charge in [-0.3, -0.25) is 0 Å². The van der Waals surface area contributed by atoms with Gasteiger partial charge in [0.15, 0.2) is 0 Å². The van der Waals surface area contributed by atoms with E-state index in [0.29, 0.717) is 15.9 Å². The Morgan fingerprint density at radius 1 is 1.10 bits per heavy atom. The summed E-state index contributed by atoms with van der Waals surface area (Å²) in [5, 5.41) is 0.948. The van der Waals surface area contributed by atoms with Gasteiger partial charge in [0, 0.05) is 15.6 Å². The summed E-state index contributed by atoms with van der Waals surface area (Å²) in [6, 6.07) is 12.6. The van der Waals surface area contributed by atoms with Crippen molar-refractivity contribution in [2.24, 2.45) is 0 Å². The Bertz CT molecular complexity index is 885. The molecule has 0 atom stereocenters. The van der Waals surface area contributed by atoms with Crippen molar-refractivity contribution in [3.8, 4) is 0 Å². The van der Waals surface area contributed by atoms with Crippen LogP contribution in [0.5, 0.6) is 0 Å². The van der Waals surface area contributed by atoms with Crippen LogP contribution in [0.3, 0.4) is 0 Å². The van der Waals surface area contributed by atoms with E-state index in [1.807, 2.05) is 30.3 Å². The highest BCUT2D eigenvalue weighted by Crippen LogP contribution is 2.16. The minimum atomic E-state index is -0.424. The van der Waals surface area contributed by atoms with Gasteiger partial charge in [-0.15, -0.1) is 0 Å². The number of nitrogens with zero attached hydrogens (tertiary/aromatic N) is 1. The first kappa shape index (κ1) is 14.0. The fraction of sp³-hybridized carbons (Fsp3) is 0. The average molecular weight is 363 g/mol. The molecule has 104 valence electrons. The maximum absolute atomic E-state index is 11.9. The second kappa shape index (κ2) is 5.84. The Morgan fingerprint density at radius 2 is 1.86 bits per heavy atom. The highest BCUT2D eigenvalue weighted by atomic mass is 79.9. The molecule has 0 aliphatic rings. The zero-order chi connectivity index (χ0) is 14.8. The first-order chi connectivity index (χ1) is 10.1. The van der Waals surface area contributed by atoms with E-state index in [-0.39, 0.29) is 5.89 Å². The lowest BCUT2D eigenvalue weighted by atomic mass is 10.2. The zero-order valence-corrected chi connectivity index (χ0v) is 13.1. The van der Waals surface area contributed by atoms with E-state index in [2.05, 4.69) is 20.9 Å². The molecule has 0 radical (unpaired) electrons. The van der Waals surface area contributed by atoms with Gasteiger partial charge in [0.25, 0.3) is 0 Å². The molecular weight excluding hydrogens is 354 g/mol. The minimum absolute atomic E-state index is 0.248. The average Bonchev–Trinajstić information content (AvgIpc) is 2.46. The lowest BCUT2D eigenvalue weighted by molar-refractivity contribution is 0.491. The Morgan fingerprint density at radius 3 is 2.62 bits per heavy atom. The van der Waals surface area contributed by atoms with Crippen LogP contribution in [-0.4, -0.2) is 4.98 Å². The summed E-state index contributed by atoms with van der Waals surface area (Å²) in [4.78, 5) is 16.2. The Balaban J connectivity index is 2.01. The van der Waals surface area contributed by atoms with Crippen molar-refractivity contribution in [2.45, 2.75) is 0 Å². The number of hydrogen-bond donors (Lipinski definition) is 0. The molecule has 0 aliphatic carbocycles. The zero-order valence-electron chi connectivity index (χ0n) is 10.7. The smallest absolute Gasteiger partial charge is 0.347 e. The van der Waals surface area contributed by atoms with Crippen LogP contribution >= 0.6 is 27.5 Å². The molecule has 0 amide bonds. The number of aromatic nitrogens is 1. The van der Waals surface area contributed by atoms with Crippen LogP contribution in [0.4, 0.5) is 0 Å². The van der Waals surface area contributed by atoms with Crippen LogP contribution in [0.15, 0.2) is 56.1 Å². The molecule has 3 rings (SSSR count). The van der Waals surface area contributed by atoms with Crippen LogP contribution in [0.1, 0.15) is 11.5 Å². The molecule has 2 aromatic carbocycles. The minimum Gasteiger partial charge on any atom is -0.404 e. The van der Waals surface area contributed by atoms with E-state index >= 15 is 0 Å². The van der Waals surface area contributed by atoms with Gasteiger partial charge >= 0.3 is 5.63 Å². The van der Waals surface area contributed by atoms with E-state index in [1.54, 1.807) is 24.3 Å². The normalized spacial score (nSPS) is 11.3. The number of fused-ring (bicyclic) bond motifs is 1. The van der Waals surface area contributed by atoms with Crippen molar-refractivity contribution in [3.05, 3.63) is 73.8 Å². The number of rotatable bonds is 2. The molecule has 0 saturated carbocycles. The van der Waals surface area contributed by atoms with Crippen molar-refractivity contribution >= 4 is 50.6 Å². The number of halogens is 2.